The first kappa shape index (κ1) is 18.4. The monoisotopic (exact) mass is 362 g/mol. The van der Waals surface area contributed by atoms with Crippen LogP contribution in [0.1, 0.15) is 12.5 Å². The third-order valence-corrected chi connectivity index (χ3v) is 4.64. The van der Waals surface area contributed by atoms with E-state index in [-0.39, 0.29) is 22.8 Å². The summed E-state index contributed by atoms with van der Waals surface area (Å²) in [6, 6.07) is 14.5. The van der Waals surface area contributed by atoms with Crippen molar-refractivity contribution in [3.8, 4) is 0 Å². The fourth-order valence-corrected chi connectivity index (χ4v) is 2.78. The summed E-state index contributed by atoms with van der Waals surface area (Å²) in [7, 11) is 0. The molecule has 1 unspecified atom stereocenters. The number of carbonyl (C=O) groups excluding carboxylic acids is 2. The van der Waals surface area contributed by atoms with Crippen LogP contribution in [0.15, 0.2) is 48.5 Å². The minimum absolute atomic E-state index is 0.128. The molecule has 2 amide bonds. The topological polar surface area (TPSA) is 58.2 Å². The van der Waals surface area contributed by atoms with Crippen LogP contribution in [0.2, 0.25) is 5.02 Å². The first-order valence-corrected chi connectivity index (χ1v) is 8.91. The van der Waals surface area contributed by atoms with Crippen molar-refractivity contribution in [2.24, 2.45) is 0 Å². The summed E-state index contributed by atoms with van der Waals surface area (Å²) in [5, 5.41) is 5.90. The summed E-state index contributed by atoms with van der Waals surface area (Å²) in [4.78, 5) is 24.1. The number of hydrogen-bond acceptors (Lipinski definition) is 3. The van der Waals surface area contributed by atoms with Crippen LogP contribution in [0.3, 0.4) is 0 Å². The van der Waals surface area contributed by atoms with Gasteiger partial charge in [0, 0.05) is 16.4 Å². The van der Waals surface area contributed by atoms with Gasteiger partial charge in [-0.2, -0.15) is 0 Å². The molecule has 0 aliphatic heterocycles. The molecule has 0 saturated carbocycles. The summed E-state index contributed by atoms with van der Waals surface area (Å²) in [6.07, 6.45) is 0. The van der Waals surface area contributed by atoms with Crippen LogP contribution in [-0.2, 0) is 9.59 Å². The molecule has 0 aliphatic rings. The SMILES string of the molecule is Cc1cccc(NC(=O)CSC(C)C(=O)Nc2ccc(Cl)cc2)c1. The fourth-order valence-electron chi connectivity index (χ4n) is 1.97. The number of amides is 2. The Kier molecular flexibility index (Phi) is 6.70. The number of rotatable bonds is 6. The van der Waals surface area contributed by atoms with Gasteiger partial charge in [0.15, 0.2) is 0 Å². The van der Waals surface area contributed by atoms with Gasteiger partial charge in [-0.15, -0.1) is 11.8 Å². The number of benzene rings is 2. The van der Waals surface area contributed by atoms with Crippen molar-refractivity contribution in [1.29, 1.82) is 0 Å². The van der Waals surface area contributed by atoms with Crippen molar-refractivity contribution in [3.05, 3.63) is 59.1 Å². The van der Waals surface area contributed by atoms with Crippen molar-refractivity contribution >= 4 is 46.6 Å². The average molecular weight is 363 g/mol. The number of halogens is 1. The average Bonchev–Trinajstić information content (AvgIpc) is 2.54. The van der Waals surface area contributed by atoms with Crippen LogP contribution in [0.5, 0.6) is 0 Å². The standard InChI is InChI=1S/C18H19ClN2O2S/c1-12-4-3-5-16(10-12)20-17(22)11-24-13(2)18(23)21-15-8-6-14(19)7-9-15/h3-10,13H,11H2,1-2H3,(H,20,22)(H,21,23). The molecule has 6 heteroatoms. The number of anilines is 2. The van der Waals surface area contributed by atoms with Crippen LogP contribution in [0.4, 0.5) is 11.4 Å². The lowest BCUT2D eigenvalue weighted by molar-refractivity contribution is -0.115. The van der Waals surface area contributed by atoms with E-state index >= 15 is 0 Å². The molecule has 0 radical (unpaired) electrons. The smallest absolute Gasteiger partial charge is 0.237 e. The van der Waals surface area contributed by atoms with Crippen LogP contribution in [0, 0.1) is 6.92 Å². The number of aryl methyl sites for hydroxylation is 1. The molecule has 0 aliphatic carbocycles. The van der Waals surface area contributed by atoms with Gasteiger partial charge in [0.25, 0.3) is 0 Å². The molecule has 0 bridgehead atoms. The lowest BCUT2D eigenvalue weighted by atomic mass is 10.2. The molecule has 2 rings (SSSR count). The molecule has 2 aromatic rings. The molecule has 0 fully saturated rings. The molecule has 2 N–H and O–H groups in total. The highest BCUT2D eigenvalue weighted by Crippen LogP contribution is 2.17. The molecular formula is C18H19ClN2O2S. The molecule has 0 aromatic heterocycles. The van der Waals surface area contributed by atoms with Gasteiger partial charge < -0.3 is 10.6 Å². The van der Waals surface area contributed by atoms with Gasteiger partial charge >= 0.3 is 0 Å². The van der Waals surface area contributed by atoms with Crippen LogP contribution in [0.25, 0.3) is 0 Å². The lowest BCUT2D eigenvalue weighted by Gasteiger charge is -2.12. The summed E-state index contributed by atoms with van der Waals surface area (Å²) in [5.41, 5.74) is 2.52. The van der Waals surface area contributed by atoms with Crippen LogP contribution >= 0.6 is 23.4 Å². The van der Waals surface area contributed by atoms with Gasteiger partial charge in [-0.25, -0.2) is 0 Å². The van der Waals surface area contributed by atoms with E-state index in [2.05, 4.69) is 10.6 Å². The van der Waals surface area contributed by atoms with Gasteiger partial charge in [0.2, 0.25) is 11.8 Å². The van der Waals surface area contributed by atoms with Crippen molar-refractivity contribution in [1.82, 2.24) is 0 Å². The Bertz CT molecular complexity index is 719. The zero-order chi connectivity index (χ0) is 17.5. The molecule has 2 aromatic carbocycles. The Morgan fingerprint density at radius 2 is 1.79 bits per heavy atom. The largest absolute Gasteiger partial charge is 0.325 e. The van der Waals surface area contributed by atoms with E-state index in [1.165, 1.54) is 11.8 Å². The van der Waals surface area contributed by atoms with E-state index < -0.39 is 0 Å². The van der Waals surface area contributed by atoms with E-state index in [4.69, 9.17) is 11.6 Å². The van der Waals surface area contributed by atoms with Crippen molar-refractivity contribution in [2.45, 2.75) is 19.1 Å². The lowest BCUT2D eigenvalue weighted by Crippen LogP contribution is -2.25. The first-order chi connectivity index (χ1) is 11.4. The number of hydrogen-bond donors (Lipinski definition) is 2. The van der Waals surface area contributed by atoms with Crippen molar-refractivity contribution in [3.63, 3.8) is 0 Å². The highest BCUT2D eigenvalue weighted by Gasteiger charge is 2.15. The van der Waals surface area contributed by atoms with Gasteiger partial charge in [-0.05, 0) is 55.8 Å². The highest BCUT2D eigenvalue weighted by molar-refractivity contribution is 8.01. The molecular weight excluding hydrogens is 344 g/mol. The maximum Gasteiger partial charge on any atom is 0.237 e. The minimum Gasteiger partial charge on any atom is -0.325 e. The van der Waals surface area contributed by atoms with E-state index in [1.807, 2.05) is 31.2 Å². The van der Waals surface area contributed by atoms with Gasteiger partial charge in [-0.3, -0.25) is 9.59 Å². The second-order valence-corrected chi connectivity index (χ2v) is 7.13. The zero-order valence-corrected chi connectivity index (χ0v) is 15.1. The second-order valence-electron chi connectivity index (χ2n) is 5.37. The minimum atomic E-state index is -0.344. The van der Waals surface area contributed by atoms with Crippen molar-refractivity contribution < 1.29 is 9.59 Å². The van der Waals surface area contributed by atoms with Crippen molar-refractivity contribution in [2.75, 3.05) is 16.4 Å². The first-order valence-electron chi connectivity index (χ1n) is 7.48. The Labute approximate surface area is 151 Å². The molecule has 0 spiro atoms. The van der Waals surface area contributed by atoms with Crippen LogP contribution < -0.4 is 10.6 Å². The molecule has 0 saturated heterocycles. The maximum atomic E-state index is 12.1. The molecule has 4 nitrogen and oxygen atoms in total. The van der Waals surface area contributed by atoms with E-state index in [0.717, 1.165) is 11.3 Å². The van der Waals surface area contributed by atoms with Crippen LogP contribution in [-0.4, -0.2) is 22.8 Å². The predicted octanol–water partition coefficient (Wildman–Crippen LogP) is 4.35. The normalized spacial score (nSPS) is 11.6. The molecule has 126 valence electrons. The molecule has 24 heavy (non-hydrogen) atoms. The third-order valence-electron chi connectivity index (χ3n) is 3.25. The van der Waals surface area contributed by atoms with Gasteiger partial charge in [0.1, 0.15) is 0 Å². The summed E-state index contributed by atoms with van der Waals surface area (Å²) < 4.78 is 0. The summed E-state index contributed by atoms with van der Waals surface area (Å²) in [6.45, 7) is 3.74. The van der Waals surface area contributed by atoms with Gasteiger partial charge in [0.05, 0.1) is 11.0 Å². The summed E-state index contributed by atoms with van der Waals surface area (Å²) >= 11 is 7.10. The predicted molar refractivity (Wildman–Crippen MR) is 102 cm³/mol. The molecule has 1 atom stereocenters. The fraction of sp³-hybridized carbons (Fsp3) is 0.222. The van der Waals surface area contributed by atoms with Gasteiger partial charge in [-0.1, -0.05) is 23.7 Å². The Balaban J connectivity index is 1.79. The molecule has 0 heterocycles. The zero-order valence-electron chi connectivity index (χ0n) is 13.5. The third kappa shape index (κ3) is 5.91. The number of thioether (sulfide) groups is 1. The van der Waals surface area contributed by atoms with E-state index in [0.29, 0.717) is 10.7 Å². The summed E-state index contributed by atoms with van der Waals surface area (Å²) in [5.74, 6) is -0.0641. The van der Waals surface area contributed by atoms with E-state index in [9.17, 15) is 9.59 Å². The Morgan fingerprint density at radius 3 is 2.46 bits per heavy atom. The Hall–Kier alpha value is -1.98. The highest BCUT2D eigenvalue weighted by atomic mass is 35.5. The maximum absolute atomic E-state index is 12.1. The quantitative estimate of drug-likeness (QED) is 0.803. The second kappa shape index (κ2) is 8.76. The number of nitrogens with one attached hydrogen (secondary N) is 2. The number of carbonyl (C=O) groups is 2. The van der Waals surface area contributed by atoms with E-state index in [1.54, 1.807) is 31.2 Å². The Morgan fingerprint density at radius 1 is 1.08 bits per heavy atom.